The fourth-order valence-electron chi connectivity index (χ4n) is 18.7. The van der Waals surface area contributed by atoms with Crippen LogP contribution in [0.5, 0.6) is 0 Å². The molecule has 11 atom stereocenters. The minimum atomic E-state index is -0.687. The highest BCUT2D eigenvalue weighted by atomic mass is 32.2. The number of aliphatic hydroxyl groups is 1. The first kappa shape index (κ1) is 124. The number of imide groups is 1. The quantitative estimate of drug-likeness (QED) is 0.0598. The Morgan fingerprint density at radius 1 is 0.496 bits per heavy atom. The molecule has 10 bridgehead atoms. The highest BCUT2D eigenvalue weighted by molar-refractivity contribution is 7.99. The van der Waals surface area contributed by atoms with Crippen LogP contribution in [0.2, 0.25) is 0 Å². The zero-order valence-corrected chi connectivity index (χ0v) is 70.4. The second kappa shape index (κ2) is 49.7. The molecule has 15 fully saturated rings. The van der Waals surface area contributed by atoms with E-state index in [0.717, 1.165) is 100 Å². The van der Waals surface area contributed by atoms with E-state index in [4.69, 9.17) is 47.4 Å². The van der Waals surface area contributed by atoms with Crippen LogP contribution < -0.4 is 0 Å². The van der Waals surface area contributed by atoms with Gasteiger partial charge in [0.2, 0.25) is 18.3 Å². The standard InChI is InChI=1S/C19H32O2.C16H22O6.C16H26O3.C14H21NO4.C10H16O4.C10H18O3S.12CH4/c1-6-18(4,5)17(20)21-19(12(2)3)15-8-13-7-14(10-15)11-16(19)9-13;1-4-16(2,3)15(19)20-7-11(17)21-12-8-5-9-10(6-8)14(18)22-13(9)12;1-4-14(2,3)13(17)19-16-8-11-5-12(9-16)7-15(18,6-11)10-16;1-4-14(2,3)13(18)19-8-11(16)15-10-7-5-6-9(10)12(15)17;1-4-10(2,3)9(12)14-7-5-6-13-8(7)11;1-4-10(2,3)9(11)13-8-7-14-6-5-12-8;;;;;;;;;;;;/h12-16H,6-11H2,1-5H3;8-10,12-13H,4-7H2,1-3H3;11-12,18H,4-10H2,1-3H3;9-10H,4-8H2,1-3H3;7H,4-6H2,1-3H3;8H,4-7H2,1-3H3;12*1H4. The zero-order chi connectivity index (χ0) is 81.0. The van der Waals surface area contributed by atoms with Crippen LogP contribution in [-0.2, 0) is 100 Å². The Bertz CT molecular complexity index is 3230. The Labute approximate surface area is 741 Å². The molecular formula is C97H183NO22S. The first-order chi connectivity index (χ1) is 50.8. The van der Waals surface area contributed by atoms with Gasteiger partial charge in [-0.15, -0.1) is 0 Å². The van der Waals surface area contributed by atoms with E-state index in [1.54, 1.807) is 53.3 Å². The van der Waals surface area contributed by atoms with E-state index in [0.29, 0.717) is 74.9 Å². The SMILES string of the molecule is C.C.C.C.C.C.C.C.C.C.C.C.CCC(C)(C)C(=O)OC1(C(C)C)C2CC3CC(C2)CC1C3.CCC(C)(C)C(=O)OC12CC3CC(CC(O)(C3)C1)C2.CCC(C)(C)C(=O)OC1CCOC1=O.CCC(C)(C)C(=O)OC1CSCCO1.CCC(C)(C)C(=O)OCC(=O)N1C(=O)C2CCCC21.CCC(C)(C)C(=O)OCC(=O)OC1C2CC3C(=O)OC1C3C2. The number of esters is 9. The number of ether oxygens (including phenoxy) is 10. The summed E-state index contributed by atoms with van der Waals surface area (Å²) in [5, 5.41) is 10.6. The summed E-state index contributed by atoms with van der Waals surface area (Å²) in [6, 6.07) is 0.0536. The molecule has 11 unspecified atom stereocenters. The van der Waals surface area contributed by atoms with Gasteiger partial charge in [-0.05, 0) is 253 Å². The molecule has 0 spiro atoms. The topological polar surface area (TPSA) is 304 Å². The predicted molar refractivity (Wildman–Crippen MR) is 487 cm³/mol. The Balaban J connectivity index is -0.000000439. The number of hydrogen-bond donors (Lipinski definition) is 1. The summed E-state index contributed by atoms with van der Waals surface area (Å²) in [5.74, 6) is 3.80. The lowest BCUT2D eigenvalue weighted by Gasteiger charge is -2.62. The zero-order valence-electron chi connectivity index (χ0n) is 69.6. The van der Waals surface area contributed by atoms with Gasteiger partial charge in [0.15, 0.2) is 13.2 Å². The van der Waals surface area contributed by atoms with Gasteiger partial charge in [-0.1, -0.05) is 151 Å². The second-order valence-electron chi connectivity index (χ2n) is 38.2. The van der Waals surface area contributed by atoms with E-state index < -0.39 is 56.7 Å². The van der Waals surface area contributed by atoms with Gasteiger partial charge in [0, 0.05) is 30.4 Å². The van der Waals surface area contributed by atoms with Crippen molar-refractivity contribution in [3.8, 4) is 0 Å². The normalized spacial score (nSPS) is 29.9. The molecule has 11 saturated carbocycles. The molecule has 4 saturated heterocycles. The molecule has 4 aliphatic heterocycles. The third-order valence-corrected chi connectivity index (χ3v) is 28.6. The molecule has 15 aliphatic rings. The first-order valence-electron chi connectivity index (χ1n) is 41.4. The molecule has 24 heteroatoms. The van der Waals surface area contributed by atoms with Crippen LogP contribution in [0.25, 0.3) is 0 Å². The fourth-order valence-corrected chi connectivity index (χ4v) is 19.4. The van der Waals surface area contributed by atoms with Crippen molar-refractivity contribution in [2.45, 2.75) is 423 Å². The lowest BCUT2D eigenvalue weighted by atomic mass is 9.47. The summed E-state index contributed by atoms with van der Waals surface area (Å²) in [4.78, 5) is 132. The highest BCUT2D eigenvalue weighted by Crippen LogP contribution is 2.63. The maximum absolute atomic E-state index is 12.8. The molecule has 0 aromatic rings. The van der Waals surface area contributed by atoms with E-state index in [2.05, 4.69) is 20.8 Å². The van der Waals surface area contributed by atoms with Crippen molar-refractivity contribution < 1.29 is 105 Å². The Kier molecular flexibility index (Phi) is 51.0. The molecule has 11 aliphatic carbocycles. The molecular weight excluding hydrogens is 1560 g/mol. The van der Waals surface area contributed by atoms with Crippen LogP contribution in [0.1, 0.15) is 375 Å². The number of cyclic esters (lactones) is 1. The Morgan fingerprint density at radius 2 is 0.942 bits per heavy atom. The van der Waals surface area contributed by atoms with Gasteiger partial charge in [-0.3, -0.25) is 48.1 Å². The molecule has 0 aromatic carbocycles. The number of amides is 2. The summed E-state index contributed by atoms with van der Waals surface area (Å²) < 4.78 is 53.5. The number of likely N-dealkylation sites (tertiary alicyclic amines) is 1. The largest absolute Gasteiger partial charge is 0.463 e. The Morgan fingerprint density at radius 3 is 1.38 bits per heavy atom. The molecule has 23 nitrogen and oxygen atoms in total. The van der Waals surface area contributed by atoms with Crippen molar-refractivity contribution in [3.63, 3.8) is 0 Å². The summed E-state index contributed by atoms with van der Waals surface area (Å²) >= 11 is 1.76. The summed E-state index contributed by atoms with van der Waals surface area (Å²) in [5.41, 5.74) is -3.97. The smallest absolute Gasteiger partial charge is 0.347 e. The number of β-lactam (4-membered cyclic amide) rings is 1. The average molecular weight is 1750 g/mol. The van der Waals surface area contributed by atoms with E-state index in [9.17, 15) is 57.8 Å². The molecule has 1 N–H and O–H groups in total. The van der Waals surface area contributed by atoms with Gasteiger partial charge in [0.25, 0.3) is 5.91 Å². The molecule has 15 rings (SSSR count). The van der Waals surface area contributed by atoms with Gasteiger partial charge in [-0.25, -0.2) is 9.59 Å². The molecule has 2 amide bonds. The van der Waals surface area contributed by atoms with Crippen LogP contribution in [0.15, 0.2) is 0 Å². The molecule has 0 radical (unpaired) electrons. The van der Waals surface area contributed by atoms with Crippen LogP contribution >= 0.6 is 11.8 Å². The van der Waals surface area contributed by atoms with E-state index in [1.807, 2.05) is 76.2 Å². The third kappa shape index (κ3) is 28.8. The van der Waals surface area contributed by atoms with E-state index in [-0.39, 0.29) is 215 Å². The first-order valence-corrected chi connectivity index (χ1v) is 42.5. The molecule has 121 heavy (non-hydrogen) atoms. The van der Waals surface area contributed by atoms with Crippen LogP contribution in [0.4, 0.5) is 0 Å². The number of fused-ring (bicyclic) bond motifs is 2. The van der Waals surface area contributed by atoms with E-state index >= 15 is 0 Å². The predicted octanol–water partition coefficient (Wildman–Crippen LogP) is 21.8. The minimum Gasteiger partial charge on any atom is -0.463 e. The van der Waals surface area contributed by atoms with Crippen LogP contribution in [0.3, 0.4) is 0 Å². The van der Waals surface area contributed by atoms with Crippen LogP contribution in [-0.4, -0.2) is 161 Å². The number of thioether (sulfide) groups is 1. The molecule has 0 aromatic heterocycles. The van der Waals surface area contributed by atoms with Gasteiger partial charge in [-0.2, -0.15) is 11.8 Å². The van der Waals surface area contributed by atoms with Gasteiger partial charge in [0.1, 0.15) is 23.4 Å². The maximum Gasteiger partial charge on any atom is 0.347 e. The lowest BCUT2D eigenvalue weighted by molar-refractivity contribution is -0.231. The van der Waals surface area contributed by atoms with Gasteiger partial charge < -0.3 is 52.5 Å². The third-order valence-electron chi connectivity index (χ3n) is 27.6. The highest BCUT2D eigenvalue weighted by Gasteiger charge is 2.65. The van der Waals surface area contributed by atoms with Crippen molar-refractivity contribution in [1.29, 1.82) is 0 Å². The number of carbonyl (C=O) groups excluding carboxylic acids is 11. The van der Waals surface area contributed by atoms with Crippen LogP contribution in [0, 0.1) is 97.6 Å². The van der Waals surface area contributed by atoms with Crippen molar-refractivity contribution in [1.82, 2.24) is 4.90 Å². The summed E-state index contributed by atoms with van der Waals surface area (Å²) in [6.07, 6.45) is 19.8. The average Bonchev–Trinajstić information content (AvgIpc) is 0.773. The maximum atomic E-state index is 12.8. The van der Waals surface area contributed by atoms with Gasteiger partial charge >= 0.3 is 53.7 Å². The molecule has 4 heterocycles. The van der Waals surface area contributed by atoms with E-state index in [1.165, 1.54) is 43.4 Å². The molecule has 714 valence electrons. The number of nitrogens with zero attached hydrogens (tertiary/aromatic N) is 1. The monoisotopic (exact) mass is 1750 g/mol. The van der Waals surface area contributed by atoms with Crippen molar-refractivity contribution in [2.24, 2.45) is 97.6 Å². The second-order valence-corrected chi connectivity index (χ2v) is 39.4. The summed E-state index contributed by atoms with van der Waals surface area (Å²) in [7, 11) is 0. The van der Waals surface area contributed by atoms with Crippen molar-refractivity contribution in [2.75, 3.05) is 37.9 Å². The number of rotatable bonds is 22. The minimum absolute atomic E-state index is 0. The van der Waals surface area contributed by atoms with Crippen molar-refractivity contribution >= 4 is 77.3 Å². The fraction of sp³-hybridized carbons (Fsp3) is 0.887. The lowest BCUT2D eigenvalue weighted by Crippen LogP contribution is -2.63. The number of hydrogen-bond acceptors (Lipinski definition) is 23. The van der Waals surface area contributed by atoms with Gasteiger partial charge in [0.05, 0.1) is 74.9 Å². The number of carbonyl (C=O) groups is 11. The summed E-state index contributed by atoms with van der Waals surface area (Å²) in [6.45, 7) is 39.1. The van der Waals surface area contributed by atoms with Crippen molar-refractivity contribution in [3.05, 3.63) is 0 Å². The Hall–Kier alpha value is -5.36.